The minimum atomic E-state index is 0.0256. The van der Waals surface area contributed by atoms with Crippen LogP contribution in [0.2, 0.25) is 0 Å². The molecule has 4 heterocycles. The van der Waals surface area contributed by atoms with Crippen LogP contribution in [0.25, 0.3) is 11.0 Å². The standard InChI is InChI=1S/C20H25N7S/c1-24(2)10-6-11-25-13-21-19-23-18(17-9-5-12-28-17)27-16-8-4-3-7-15(16)22-20(27)26(19)14-25/h3-5,7-9,12,18H,6,10-11,13-14H2,1-2H3,(H,21,23). The molecule has 5 rings (SSSR count). The lowest BCUT2D eigenvalue weighted by atomic mass is 10.3. The lowest BCUT2D eigenvalue weighted by molar-refractivity contribution is 0.254. The topological polar surface area (TPSA) is 51.9 Å². The predicted octanol–water partition coefficient (Wildman–Crippen LogP) is 2.59. The minimum absolute atomic E-state index is 0.0256. The Morgan fingerprint density at radius 3 is 2.93 bits per heavy atom. The zero-order chi connectivity index (χ0) is 19.1. The second-order valence-electron chi connectivity index (χ2n) is 7.58. The van der Waals surface area contributed by atoms with E-state index in [2.05, 4.69) is 74.4 Å². The Morgan fingerprint density at radius 1 is 1.21 bits per heavy atom. The number of aliphatic imine (C=N–C) groups is 1. The molecule has 0 aliphatic carbocycles. The highest BCUT2D eigenvalue weighted by molar-refractivity contribution is 7.10. The number of rotatable bonds is 5. The fourth-order valence-electron chi connectivity index (χ4n) is 3.91. The van der Waals surface area contributed by atoms with Gasteiger partial charge in [0, 0.05) is 11.4 Å². The molecule has 2 aromatic heterocycles. The first kappa shape index (κ1) is 17.7. The lowest BCUT2D eigenvalue weighted by Gasteiger charge is -2.41. The molecule has 2 aliphatic heterocycles. The maximum absolute atomic E-state index is 4.98. The summed E-state index contributed by atoms with van der Waals surface area (Å²) < 4.78 is 2.31. The number of benzene rings is 1. The van der Waals surface area contributed by atoms with Gasteiger partial charge in [-0.25, -0.2) is 9.98 Å². The van der Waals surface area contributed by atoms with Crippen LogP contribution in [0, 0.1) is 0 Å². The van der Waals surface area contributed by atoms with Crippen molar-refractivity contribution in [2.45, 2.75) is 12.6 Å². The fraction of sp³-hybridized carbons (Fsp3) is 0.400. The van der Waals surface area contributed by atoms with Crippen LogP contribution in [-0.4, -0.2) is 65.8 Å². The smallest absolute Gasteiger partial charge is 0.216 e. The van der Waals surface area contributed by atoms with Crippen LogP contribution in [0.15, 0.2) is 46.8 Å². The van der Waals surface area contributed by atoms with Crippen LogP contribution in [0.5, 0.6) is 0 Å². The van der Waals surface area contributed by atoms with Crippen LogP contribution in [0.4, 0.5) is 5.95 Å². The zero-order valence-electron chi connectivity index (χ0n) is 16.2. The second kappa shape index (κ2) is 7.20. The highest BCUT2D eigenvalue weighted by Gasteiger charge is 2.35. The van der Waals surface area contributed by atoms with Crippen molar-refractivity contribution >= 4 is 34.3 Å². The third-order valence-electron chi connectivity index (χ3n) is 5.25. The van der Waals surface area contributed by atoms with Crippen molar-refractivity contribution in [3.63, 3.8) is 0 Å². The Kier molecular flexibility index (Phi) is 4.54. The number of hydrogen-bond acceptors (Lipinski definition) is 7. The highest BCUT2D eigenvalue weighted by Crippen LogP contribution is 2.35. The van der Waals surface area contributed by atoms with E-state index >= 15 is 0 Å². The number of hydrogen-bond donors (Lipinski definition) is 1. The first-order valence-electron chi connectivity index (χ1n) is 9.67. The molecule has 0 spiro atoms. The Bertz CT molecular complexity index is 991. The van der Waals surface area contributed by atoms with Crippen LogP contribution >= 0.6 is 11.3 Å². The molecule has 0 amide bonds. The average molecular weight is 396 g/mol. The number of para-hydroxylation sites is 2. The molecular weight excluding hydrogens is 370 g/mol. The summed E-state index contributed by atoms with van der Waals surface area (Å²) in [4.78, 5) is 17.9. The van der Waals surface area contributed by atoms with E-state index in [9.17, 15) is 0 Å². The quantitative estimate of drug-likeness (QED) is 0.720. The van der Waals surface area contributed by atoms with Crippen molar-refractivity contribution in [2.75, 3.05) is 45.4 Å². The summed E-state index contributed by atoms with van der Waals surface area (Å²) in [5.74, 6) is 1.89. The van der Waals surface area contributed by atoms with E-state index in [0.717, 1.165) is 55.8 Å². The first-order valence-corrected chi connectivity index (χ1v) is 10.5. The maximum atomic E-state index is 4.98. The van der Waals surface area contributed by atoms with Gasteiger partial charge < -0.3 is 10.2 Å². The van der Waals surface area contributed by atoms with Gasteiger partial charge in [0.25, 0.3) is 0 Å². The molecule has 1 unspecified atom stereocenters. The van der Waals surface area contributed by atoms with Gasteiger partial charge in [-0.15, -0.1) is 11.3 Å². The molecular formula is C20H25N7S. The van der Waals surface area contributed by atoms with E-state index in [1.54, 1.807) is 11.3 Å². The summed E-state index contributed by atoms with van der Waals surface area (Å²) in [5.41, 5.74) is 2.17. The number of imidazole rings is 1. The van der Waals surface area contributed by atoms with Crippen molar-refractivity contribution in [2.24, 2.45) is 4.99 Å². The number of nitrogens with one attached hydrogen (secondary N) is 1. The number of fused-ring (bicyclic) bond motifs is 5. The van der Waals surface area contributed by atoms with Crippen molar-refractivity contribution in [1.82, 2.24) is 24.7 Å². The zero-order valence-corrected chi connectivity index (χ0v) is 17.1. The van der Waals surface area contributed by atoms with Gasteiger partial charge in [0.05, 0.1) is 24.4 Å². The monoisotopic (exact) mass is 395 g/mol. The highest BCUT2D eigenvalue weighted by atomic mass is 32.1. The van der Waals surface area contributed by atoms with Crippen molar-refractivity contribution in [3.8, 4) is 0 Å². The van der Waals surface area contributed by atoms with Crippen LogP contribution in [0.1, 0.15) is 17.5 Å². The Morgan fingerprint density at radius 2 is 2.11 bits per heavy atom. The molecule has 2 aliphatic rings. The van der Waals surface area contributed by atoms with Gasteiger partial charge in [-0.05, 0) is 50.6 Å². The molecule has 1 atom stereocenters. The minimum Gasteiger partial charge on any atom is -0.331 e. The van der Waals surface area contributed by atoms with Gasteiger partial charge in [0.1, 0.15) is 6.17 Å². The molecule has 1 aromatic carbocycles. The number of anilines is 1. The van der Waals surface area contributed by atoms with Gasteiger partial charge in [0.15, 0.2) is 0 Å². The normalized spacial score (nSPS) is 19.5. The summed E-state index contributed by atoms with van der Waals surface area (Å²) in [6.45, 7) is 3.65. The summed E-state index contributed by atoms with van der Waals surface area (Å²) >= 11 is 1.76. The fourth-order valence-corrected chi connectivity index (χ4v) is 4.67. The second-order valence-corrected chi connectivity index (χ2v) is 8.56. The van der Waals surface area contributed by atoms with E-state index in [-0.39, 0.29) is 6.17 Å². The molecule has 1 N–H and O–H groups in total. The number of thiophene rings is 1. The SMILES string of the molecule is CN(C)CCCN1CN=C2NC(c3cccs3)n3c(nc4ccccc43)N2C1. The third kappa shape index (κ3) is 3.07. The summed E-state index contributed by atoms with van der Waals surface area (Å²) in [6, 6.07) is 12.6. The number of guanidine groups is 1. The molecule has 0 bridgehead atoms. The molecule has 0 saturated carbocycles. The van der Waals surface area contributed by atoms with Gasteiger partial charge in [0.2, 0.25) is 11.9 Å². The third-order valence-corrected chi connectivity index (χ3v) is 6.18. The maximum Gasteiger partial charge on any atom is 0.216 e. The van der Waals surface area contributed by atoms with Crippen molar-refractivity contribution < 1.29 is 0 Å². The van der Waals surface area contributed by atoms with E-state index in [1.165, 1.54) is 4.88 Å². The van der Waals surface area contributed by atoms with Gasteiger partial charge in [-0.1, -0.05) is 18.2 Å². The Labute approximate surface area is 168 Å². The van der Waals surface area contributed by atoms with E-state index in [4.69, 9.17) is 9.98 Å². The van der Waals surface area contributed by atoms with Crippen molar-refractivity contribution in [1.29, 1.82) is 0 Å². The molecule has 3 aromatic rings. The largest absolute Gasteiger partial charge is 0.331 e. The first-order chi connectivity index (χ1) is 13.7. The van der Waals surface area contributed by atoms with Gasteiger partial charge in [-0.2, -0.15) is 0 Å². The molecule has 28 heavy (non-hydrogen) atoms. The van der Waals surface area contributed by atoms with E-state index in [1.807, 2.05) is 6.07 Å². The molecule has 0 fully saturated rings. The van der Waals surface area contributed by atoms with Crippen LogP contribution < -0.4 is 10.2 Å². The Hall–Kier alpha value is -2.42. The molecule has 0 radical (unpaired) electrons. The lowest BCUT2D eigenvalue weighted by Crippen LogP contribution is -2.57. The van der Waals surface area contributed by atoms with Crippen LogP contribution in [-0.2, 0) is 0 Å². The van der Waals surface area contributed by atoms with Gasteiger partial charge >= 0.3 is 0 Å². The summed E-state index contributed by atoms with van der Waals surface area (Å²) in [6.07, 6.45) is 1.16. The molecule has 7 nitrogen and oxygen atoms in total. The van der Waals surface area contributed by atoms with Gasteiger partial charge in [-0.3, -0.25) is 14.4 Å². The van der Waals surface area contributed by atoms with E-state index < -0.39 is 0 Å². The van der Waals surface area contributed by atoms with E-state index in [0.29, 0.717) is 0 Å². The number of nitrogens with zero attached hydrogens (tertiary/aromatic N) is 6. The molecule has 146 valence electrons. The Balaban J connectivity index is 1.51. The van der Waals surface area contributed by atoms with Crippen LogP contribution in [0.3, 0.4) is 0 Å². The summed E-state index contributed by atoms with van der Waals surface area (Å²) in [7, 11) is 4.24. The summed E-state index contributed by atoms with van der Waals surface area (Å²) in [5, 5.41) is 5.78. The molecule has 0 saturated heterocycles. The van der Waals surface area contributed by atoms with Crippen molar-refractivity contribution in [3.05, 3.63) is 46.7 Å². The molecule has 8 heteroatoms. The average Bonchev–Trinajstić information content (AvgIpc) is 3.35. The number of aromatic nitrogens is 2. The predicted molar refractivity (Wildman–Crippen MR) is 115 cm³/mol.